The molecule has 24 heavy (non-hydrogen) atoms. The predicted octanol–water partition coefficient (Wildman–Crippen LogP) is 3.33. The van der Waals surface area contributed by atoms with Crippen molar-refractivity contribution in [1.29, 1.82) is 0 Å². The van der Waals surface area contributed by atoms with Crippen LogP contribution in [0.4, 0.5) is 0 Å². The molecule has 1 N–H and O–H groups in total. The molecule has 0 spiro atoms. The van der Waals surface area contributed by atoms with E-state index in [-0.39, 0.29) is 18.1 Å². The van der Waals surface area contributed by atoms with Gasteiger partial charge in [-0.1, -0.05) is 17.7 Å². The number of hydrogen-bond donors (Lipinski definition) is 1. The summed E-state index contributed by atoms with van der Waals surface area (Å²) >= 11 is 5.86. The highest BCUT2D eigenvalue weighted by Gasteiger charge is 2.32. The number of carbonyl (C=O) groups excluding carboxylic acids is 1. The van der Waals surface area contributed by atoms with Crippen LogP contribution in [0, 0.1) is 0 Å². The van der Waals surface area contributed by atoms with Crippen molar-refractivity contribution in [3.05, 3.63) is 65.4 Å². The van der Waals surface area contributed by atoms with Crippen LogP contribution >= 0.6 is 11.6 Å². The summed E-state index contributed by atoms with van der Waals surface area (Å²) in [5.74, 6) is 0.711. The lowest BCUT2D eigenvalue weighted by Crippen LogP contribution is -2.48. The Balaban J connectivity index is 1.33. The topological polar surface area (TPSA) is 55.6 Å². The number of aromatic nitrogens is 2. The van der Waals surface area contributed by atoms with Gasteiger partial charge in [0.05, 0.1) is 17.3 Å². The van der Waals surface area contributed by atoms with Crippen LogP contribution < -0.4 is 10.1 Å². The van der Waals surface area contributed by atoms with Gasteiger partial charge in [0.2, 0.25) is 0 Å². The molecule has 0 saturated heterocycles. The minimum absolute atomic E-state index is 0.0915. The van der Waals surface area contributed by atoms with Gasteiger partial charge < -0.3 is 10.1 Å². The van der Waals surface area contributed by atoms with Gasteiger partial charge in [-0.15, -0.1) is 0 Å². The normalized spacial score (nSPS) is 19.7. The SMILES string of the molecule is O=C(N[C@H]1C[C@H](Oc2ccc(Cl)cc2)C1)c1cnn2ccccc12. The first kappa shape index (κ1) is 15.0. The van der Waals surface area contributed by atoms with Crippen LogP contribution in [0.2, 0.25) is 5.02 Å². The molecule has 0 atom stereocenters. The van der Waals surface area contributed by atoms with E-state index in [1.807, 2.05) is 36.5 Å². The second kappa shape index (κ2) is 6.17. The Kier molecular flexibility index (Phi) is 3.86. The zero-order valence-electron chi connectivity index (χ0n) is 12.9. The van der Waals surface area contributed by atoms with E-state index in [9.17, 15) is 4.79 Å². The first-order chi connectivity index (χ1) is 11.7. The number of rotatable bonds is 4. The number of amides is 1. The molecule has 5 nitrogen and oxygen atoms in total. The van der Waals surface area contributed by atoms with E-state index in [1.54, 1.807) is 22.8 Å². The standard InChI is InChI=1S/C18H16ClN3O2/c19-12-4-6-14(7-5-12)24-15-9-13(10-15)21-18(23)16-11-20-22-8-2-1-3-17(16)22/h1-8,11,13,15H,9-10H2,(H,21,23)/t13-,15-. The van der Waals surface area contributed by atoms with Crippen LogP contribution in [-0.4, -0.2) is 27.7 Å². The van der Waals surface area contributed by atoms with E-state index < -0.39 is 0 Å². The van der Waals surface area contributed by atoms with Crippen LogP contribution in [-0.2, 0) is 0 Å². The second-order valence-corrected chi connectivity index (χ2v) is 6.36. The number of hydrogen-bond acceptors (Lipinski definition) is 3. The van der Waals surface area contributed by atoms with Crippen LogP contribution in [0.15, 0.2) is 54.9 Å². The summed E-state index contributed by atoms with van der Waals surface area (Å²) < 4.78 is 7.55. The van der Waals surface area contributed by atoms with E-state index in [0.29, 0.717) is 10.6 Å². The summed E-state index contributed by atoms with van der Waals surface area (Å²) in [7, 11) is 0. The number of fused-ring (bicyclic) bond motifs is 1. The zero-order valence-corrected chi connectivity index (χ0v) is 13.6. The van der Waals surface area contributed by atoms with E-state index in [0.717, 1.165) is 24.1 Å². The zero-order chi connectivity index (χ0) is 16.5. The van der Waals surface area contributed by atoms with Crippen molar-refractivity contribution in [3.8, 4) is 5.75 Å². The van der Waals surface area contributed by atoms with Crippen molar-refractivity contribution < 1.29 is 9.53 Å². The van der Waals surface area contributed by atoms with Crippen LogP contribution in [0.3, 0.4) is 0 Å². The highest BCUT2D eigenvalue weighted by atomic mass is 35.5. The smallest absolute Gasteiger partial charge is 0.255 e. The van der Waals surface area contributed by atoms with E-state index in [1.165, 1.54) is 0 Å². The summed E-state index contributed by atoms with van der Waals surface area (Å²) in [4.78, 5) is 12.4. The molecule has 1 aliphatic rings. The number of pyridine rings is 1. The maximum Gasteiger partial charge on any atom is 0.255 e. The van der Waals surface area contributed by atoms with Gasteiger partial charge in [0.1, 0.15) is 11.9 Å². The Labute approximate surface area is 144 Å². The first-order valence-electron chi connectivity index (χ1n) is 7.84. The number of ether oxygens (including phenoxy) is 1. The second-order valence-electron chi connectivity index (χ2n) is 5.92. The van der Waals surface area contributed by atoms with Gasteiger partial charge >= 0.3 is 0 Å². The monoisotopic (exact) mass is 341 g/mol. The molecule has 0 aliphatic heterocycles. The van der Waals surface area contributed by atoms with E-state index in [2.05, 4.69) is 10.4 Å². The average Bonchev–Trinajstić information content (AvgIpc) is 2.99. The summed E-state index contributed by atoms with van der Waals surface area (Å²) in [5.41, 5.74) is 1.40. The minimum atomic E-state index is -0.0915. The molecule has 6 heteroatoms. The summed E-state index contributed by atoms with van der Waals surface area (Å²) in [6, 6.07) is 13.1. The fourth-order valence-corrected chi connectivity index (χ4v) is 2.98. The molecule has 1 aliphatic carbocycles. The Morgan fingerprint density at radius 2 is 2.00 bits per heavy atom. The highest BCUT2D eigenvalue weighted by Crippen LogP contribution is 2.27. The number of benzene rings is 1. The molecule has 1 fully saturated rings. The third kappa shape index (κ3) is 2.95. The van der Waals surface area contributed by atoms with Gasteiger partial charge in [-0.25, -0.2) is 4.52 Å². The maximum absolute atomic E-state index is 12.4. The fourth-order valence-electron chi connectivity index (χ4n) is 2.86. The Bertz CT molecular complexity index is 869. The number of halogens is 1. The third-order valence-corrected chi connectivity index (χ3v) is 4.47. The molecular weight excluding hydrogens is 326 g/mol. The lowest BCUT2D eigenvalue weighted by Gasteiger charge is -2.35. The van der Waals surface area contributed by atoms with E-state index in [4.69, 9.17) is 16.3 Å². The van der Waals surface area contributed by atoms with Gasteiger partial charge in [0.15, 0.2) is 0 Å². The average molecular weight is 342 g/mol. The van der Waals surface area contributed by atoms with Crippen molar-refractivity contribution in [2.75, 3.05) is 0 Å². The quantitative estimate of drug-likeness (QED) is 0.792. The molecule has 1 saturated carbocycles. The van der Waals surface area contributed by atoms with Gasteiger partial charge in [-0.2, -0.15) is 5.10 Å². The van der Waals surface area contributed by atoms with Crippen molar-refractivity contribution in [2.24, 2.45) is 0 Å². The molecular formula is C18H16ClN3O2. The van der Waals surface area contributed by atoms with Crippen molar-refractivity contribution in [3.63, 3.8) is 0 Å². The van der Waals surface area contributed by atoms with Gasteiger partial charge in [-0.05, 0) is 36.4 Å². The van der Waals surface area contributed by atoms with Gasteiger partial charge in [0, 0.05) is 30.1 Å². The molecule has 1 aromatic carbocycles. The summed E-state index contributed by atoms with van der Waals surface area (Å²) in [6.07, 6.45) is 5.15. The maximum atomic E-state index is 12.4. The summed E-state index contributed by atoms with van der Waals surface area (Å²) in [5, 5.41) is 7.92. The summed E-state index contributed by atoms with van der Waals surface area (Å²) in [6.45, 7) is 0. The largest absolute Gasteiger partial charge is 0.490 e. The molecule has 3 aromatic rings. The molecule has 122 valence electrons. The van der Waals surface area contributed by atoms with Crippen molar-refractivity contribution in [2.45, 2.75) is 25.0 Å². The third-order valence-electron chi connectivity index (χ3n) is 4.22. The number of carbonyl (C=O) groups is 1. The predicted molar refractivity (Wildman–Crippen MR) is 91.5 cm³/mol. The fraction of sp³-hybridized carbons (Fsp3) is 0.222. The molecule has 0 radical (unpaired) electrons. The van der Waals surface area contributed by atoms with Crippen LogP contribution in [0.5, 0.6) is 5.75 Å². The van der Waals surface area contributed by atoms with Gasteiger partial charge in [-0.3, -0.25) is 4.79 Å². The van der Waals surface area contributed by atoms with Crippen LogP contribution in [0.1, 0.15) is 23.2 Å². The van der Waals surface area contributed by atoms with Gasteiger partial charge in [0.25, 0.3) is 5.91 Å². The highest BCUT2D eigenvalue weighted by molar-refractivity contribution is 6.30. The first-order valence-corrected chi connectivity index (χ1v) is 8.22. The van der Waals surface area contributed by atoms with Crippen LogP contribution in [0.25, 0.3) is 5.52 Å². The Morgan fingerprint density at radius 1 is 1.21 bits per heavy atom. The Hall–Kier alpha value is -2.53. The molecule has 0 unspecified atom stereocenters. The lowest BCUT2D eigenvalue weighted by molar-refractivity contribution is 0.0702. The molecule has 0 bridgehead atoms. The molecule has 2 aromatic heterocycles. The van der Waals surface area contributed by atoms with Crippen molar-refractivity contribution >= 4 is 23.0 Å². The molecule has 4 rings (SSSR count). The number of nitrogens with zero attached hydrogens (tertiary/aromatic N) is 2. The lowest BCUT2D eigenvalue weighted by atomic mass is 9.89. The number of nitrogens with one attached hydrogen (secondary N) is 1. The minimum Gasteiger partial charge on any atom is -0.490 e. The molecule has 1 amide bonds. The Morgan fingerprint density at radius 3 is 2.79 bits per heavy atom. The molecule has 2 heterocycles. The van der Waals surface area contributed by atoms with Crippen molar-refractivity contribution in [1.82, 2.24) is 14.9 Å². The van der Waals surface area contributed by atoms with E-state index >= 15 is 0 Å².